The molecule has 4 rings (SSSR count). The number of carbonyl (C=O) groups is 2. The molecular formula is C25H19FN4O2S. The molecule has 0 unspecified atom stereocenters. The van der Waals surface area contributed by atoms with E-state index in [1.165, 1.54) is 23.9 Å². The first-order valence-corrected chi connectivity index (χ1v) is 11.0. The van der Waals surface area contributed by atoms with Crippen molar-refractivity contribution in [2.24, 2.45) is 0 Å². The summed E-state index contributed by atoms with van der Waals surface area (Å²) in [7, 11) is 0. The molecule has 0 bridgehead atoms. The maximum absolute atomic E-state index is 13.1. The monoisotopic (exact) mass is 458 g/mol. The summed E-state index contributed by atoms with van der Waals surface area (Å²) < 4.78 is 13.1. The Kier molecular flexibility index (Phi) is 7.06. The number of anilines is 2. The van der Waals surface area contributed by atoms with Gasteiger partial charge in [-0.2, -0.15) is 0 Å². The number of hydrogen-bond donors (Lipinski definition) is 2. The standard InChI is InChI=1S/C25H19FN4O2S/c26-19-8-6-17(7-9-19)16-33-25-22(5-2-12-28-25)24(32)30-21-4-1-3-20(15-21)29-23(31)18-10-13-27-14-11-18/h1-15H,16H2,(H,29,31)(H,30,32). The van der Waals surface area contributed by atoms with Gasteiger partial charge in [0.2, 0.25) is 0 Å². The summed E-state index contributed by atoms with van der Waals surface area (Å²) in [4.78, 5) is 33.5. The maximum Gasteiger partial charge on any atom is 0.258 e. The van der Waals surface area contributed by atoms with Crippen molar-refractivity contribution in [3.05, 3.63) is 114 Å². The molecule has 0 saturated heterocycles. The predicted octanol–water partition coefficient (Wildman–Crippen LogP) is 5.41. The molecule has 0 spiro atoms. The van der Waals surface area contributed by atoms with Crippen LogP contribution in [0.3, 0.4) is 0 Å². The van der Waals surface area contributed by atoms with E-state index < -0.39 is 0 Å². The van der Waals surface area contributed by atoms with Gasteiger partial charge >= 0.3 is 0 Å². The number of nitrogens with zero attached hydrogens (tertiary/aromatic N) is 2. The molecule has 2 N–H and O–H groups in total. The summed E-state index contributed by atoms with van der Waals surface area (Å²) >= 11 is 1.40. The number of hydrogen-bond acceptors (Lipinski definition) is 5. The molecule has 0 aliphatic rings. The van der Waals surface area contributed by atoms with E-state index in [4.69, 9.17) is 0 Å². The van der Waals surface area contributed by atoms with Crippen molar-refractivity contribution < 1.29 is 14.0 Å². The van der Waals surface area contributed by atoms with Gasteiger partial charge in [0.1, 0.15) is 10.8 Å². The third-order valence-corrected chi connectivity index (χ3v) is 5.70. The van der Waals surface area contributed by atoms with E-state index in [0.29, 0.717) is 33.3 Å². The Morgan fingerprint density at radius 3 is 2.24 bits per heavy atom. The third kappa shape index (κ3) is 6.02. The molecule has 2 amide bonds. The van der Waals surface area contributed by atoms with Crippen molar-refractivity contribution in [3.63, 3.8) is 0 Å². The van der Waals surface area contributed by atoms with E-state index in [0.717, 1.165) is 5.56 Å². The van der Waals surface area contributed by atoms with Gasteiger partial charge in [0.05, 0.1) is 5.56 Å². The van der Waals surface area contributed by atoms with Crippen LogP contribution < -0.4 is 10.6 Å². The number of aromatic nitrogens is 2. The van der Waals surface area contributed by atoms with Crippen molar-refractivity contribution in [2.75, 3.05) is 10.6 Å². The topological polar surface area (TPSA) is 84.0 Å². The molecular weight excluding hydrogens is 439 g/mol. The number of rotatable bonds is 7. The summed E-state index contributed by atoms with van der Waals surface area (Å²) in [6.07, 6.45) is 4.72. The molecule has 2 aromatic heterocycles. The number of thioether (sulfide) groups is 1. The molecule has 2 heterocycles. The Balaban J connectivity index is 1.43. The van der Waals surface area contributed by atoms with Gasteiger partial charge < -0.3 is 10.6 Å². The first kappa shape index (κ1) is 22.2. The van der Waals surface area contributed by atoms with E-state index in [1.807, 2.05) is 0 Å². The number of nitrogens with one attached hydrogen (secondary N) is 2. The van der Waals surface area contributed by atoms with Crippen molar-refractivity contribution in [2.45, 2.75) is 10.8 Å². The molecule has 33 heavy (non-hydrogen) atoms. The summed E-state index contributed by atoms with van der Waals surface area (Å²) in [5, 5.41) is 6.23. The average Bonchev–Trinajstić information content (AvgIpc) is 2.84. The highest BCUT2D eigenvalue weighted by molar-refractivity contribution is 7.98. The van der Waals surface area contributed by atoms with E-state index in [1.54, 1.807) is 79.3 Å². The molecule has 164 valence electrons. The van der Waals surface area contributed by atoms with Crippen molar-refractivity contribution >= 4 is 35.0 Å². The molecule has 0 saturated carbocycles. The normalized spacial score (nSPS) is 10.5. The quantitative estimate of drug-likeness (QED) is 0.362. The molecule has 4 aromatic rings. The lowest BCUT2D eigenvalue weighted by atomic mass is 10.2. The van der Waals surface area contributed by atoms with Crippen LogP contribution in [-0.2, 0) is 5.75 Å². The zero-order chi connectivity index (χ0) is 23.0. The summed E-state index contributed by atoms with van der Waals surface area (Å²) in [5.41, 5.74) is 2.92. The first-order chi connectivity index (χ1) is 16.1. The predicted molar refractivity (Wildman–Crippen MR) is 127 cm³/mol. The zero-order valence-corrected chi connectivity index (χ0v) is 18.2. The van der Waals surface area contributed by atoms with Crippen LogP contribution in [0.25, 0.3) is 0 Å². The molecule has 8 heteroatoms. The van der Waals surface area contributed by atoms with Gasteiger partial charge in [0.15, 0.2) is 0 Å². The van der Waals surface area contributed by atoms with Gasteiger partial charge in [-0.3, -0.25) is 14.6 Å². The second-order valence-corrected chi connectivity index (χ2v) is 7.96. The fourth-order valence-corrected chi connectivity index (χ4v) is 3.94. The number of pyridine rings is 2. The van der Waals surface area contributed by atoms with Crippen LogP contribution in [0.4, 0.5) is 15.8 Å². The third-order valence-electron chi connectivity index (χ3n) is 4.63. The Morgan fingerprint density at radius 1 is 0.818 bits per heavy atom. The van der Waals surface area contributed by atoms with Gasteiger partial charge in [-0.1, -0.05) is 18.2 Å². The van der Waals surface area contributed by atoms with Crippen molar-refractivity contribution in [3.8, 4) is 0 Å². The van der Waals surface area contributed by atoms with E-state index in [9.17, 15) is 14.0 Å². The van der Waals surface area contributed by atoms with E-state index >= 15 is 0 Å². The Hall–Kier alpha value is -4.04. The molecule has 0 atom stereocenters. The smallest absolute Gasteiger partial charge is 0.258 e. The van der Waals surface area contributed by atoms with Gasteiger partial charge in [-0.15, -0.1) is 11.8 Å². The zero-order valence-electron chi connectivity index (χ0n) is 17.4. The van der Waals surface area contributed by atoms with Crippen LogP contribution in [0.1, 0.15) is 26.3 Å². The maximum atomic E-state index is 13.1. The minimum Gasteiger partial charge on any atom is -0.322 e. The van der Waals surface area contributed by atoms with Gasteiger partial charge in [-0.25, -0.2) is 9.37 Å². The fourth-order valence-electron chi connectivity index (χ4n) is 2.99. The summed E-state index contributed by atoms with van der Waals surface area (Å²) in [5.74, 6) is -0.329. The molecule has 0 fully saturated rings. The second-order valence-electron chi connectivity index (χ2n) is 7.00. The van der Waals surface area contributed by atoms with Crippen LogP contribution >= 0.6 is 11.8 Å². The van der Waals surface area contributed by atoms with Gasteiger partial charge in [0.25, 0.3) is 11.8 Å². The van der Waals surface area contributed by atoms with E-state index in [2.05, 4.69) is 20.6 Å². The Labute approximate surface area is 194 Å². The number of halogens is 1. The molecule has 0 aliphatic heterocycles. The highest BCUT2D eigenvalue weighted by Crippen LogP contribution is 2.25. The molecule has 0 radical (unpaired) electrons. The summed E-state index contributed by atoms with van der Waals surface area (Å²) in [6.45, 7) is 0. The molecule has 0 aliphatic carbocycles. The van der Waals surface area contributed by atoms with Crippen molar-refractivity contribution in [1.29, 1.82) is 0 Å². The SMILES string of the molecule is O=C(Nc1cccc(NC(=O)c2cccnc2SCc2ccc(F)cc2)c1)c1ccncc1. The number of carbonyl (C=O) groups excluding carboxylic acids is 2. The highest BCUT2D eigenvalue weighted by Gasteiger charge is 2.14. The molecule has 6 nitrogen and oxygen atoms in total. The van der Waals surface area contributed by atoms with Gasteiger partial charge in [-0.05, 0) is 60.2 Å². The average molecular weight is 459 g/mol. The lowest BCUT2D eigenvalue weighted by molar-refractivity contribution is 0.101. The summed E-state index contributed by atoms with van der Waals surface area (Å²) in [6, 6.07) is 19.8. The van der Waals surface area contributed by atoms with Crippen LogP contribution in [0.5, 0.6) is 0 Å². The molecule has 2 aromatic carbocycles. The van der Waals surface area contributed by atoms with Gasteiger partial charge in [0, 0.05) is 41.3 Å². The van der Waals surface area contributed by atoms with Crippen LogP contribution in [-0.4, -0.2) is 21.8 Å². The fraction of sp³-hybridized carbons (Fsp3) is 0.0400. The lowest BCUT2D eigenvalue weighted by Crippen LogP contribution is -2.15. The van der Waals surface area contributed by atoms with Crippen LogP contribution in [0, 0.1) is 5.82 Å². The second kappa shape index (κ2) is 10.5. The number of benzene rings is 2. The van der Waals surface area contributed by atoms with Crippen LogP contribution in [0.15, 0.2) is 96.4 Å². The highest BCUT2D eigenvalue weighted by atomic mass is 32.2. The number of amides is 2. The van der Waals surface area contributed by atoms with Crippen LogP contribution in [0.2, 0.25) is 0 Å². The van der Waals surface area contributed by atoms with E-state index in [-0.39, 0.29) is 17.6 Å². The minimum atomic E-state index is -0.317. The Bertz CT molecular complexity index is 1270. The minimum absolute atomic E-state index is 0.271. The first-order valence-electron chi connectivity index (χ1n) is 10.0. The largest absolute Gasteiger partial charge is 0.322 e. The van der Waals surface area contributed by atoms with Crippen molar-refractivity contribution in [1.82, 2.24) is 9.97 Å². The lowest BCUT2D eigenvalue weighted by Gasteiger charge is -2.11. The Morgan fingerprint density at radius 2 is 1.52 bits per heavy atom.